The van der Waals surface area contributed by atoms with Crippen molar-refractivity contribution in [1.29, 1.82) is 0 Å². The first-order chi connectivity index (χ1) is 14.7. The van der Waals surface area contributed by atoms with Gasteiger partial charge in [-0.2, -0.15) is 5.10 Å². The van der Waals surface area contributed by atoms with E-state index in [9.17, 15) is 0 Å². The molecule has 0 saturated carbocycles. The highest BCUT2D eigenvalue weighted by Gasteiger charge is 2.13. The van der Waals surface area contributed by atoms with E-state index in [2.05, 4.69) is 32.9 Å². The molecule has 2 N–H and O–H groups in total. The first-order valence-electron chi connectivity index (χ1n) is 9.50. The maximum atomic E-state index is 5.41. The van der Waals surface area contributed by atoms with Gasteiger partial charge in [-0.3, -0.25) is 4.99 Å². The minimum atomic E-state index is 0. The third-order valence-corrected chi connectivity index (χ3v) is 4.55. The maximum Gasteiger partial charge on any atom is 0.203 e. The maximum absolute atomic E-state index is 5.41. The van der Waals surface area contributed by atoms with Gasteiger partial charge in [0.1, 0.15) is 0 Å². The van der Waals surface area contributed by atoms with Crippen LogP contribution in [0.2, 0.25) is 0 Å². The fraction of sp³-hybridized carbons (Fsp3) is 0.273. The summed E-state index contributed by atoms with van der Waals surface area (Å²) in [5.41, 5.74) is 3.12. The van der Waals surface area contributed by atoms with Crippen LogP contribution in [0, 0.1) is 0 Å². The lowest BCUT2D eigenvalue weighted by molar-refractivity contribution is 0.323. The number of halogens is 1. The predicted octanol–water partition coefficient (Wildman–Crippen LogP) is 3.38. The van der Waals surface area contributed by atoms with Crippen molar-refractivity contribution in [2.45, 2.75) is 13.1 Å². The molecule has 0 atom stereocenters. The lowest BCUT2D eigenvalue weighted by Crippen LogP contribution is -2.36. The summed E-state index contributed by atoms with van der Waals surface area (Å²) < 4.78 is 18.0. The minimum absolute atomic E-state index is 0. The fourth-order valence-corrected chi connectivity index (χ4v) is 3.06. The van der Waals surface area contributed by atoms with Crippen LogP contribution < -0.4 is 24.8 Å². The van der Waals surface area contributed by atoms with Crippen molar-refractivity contribution < 1.29 is 14.2 Å². The number of aliphatic imine (C=N–C) groups is 1. The Balaban J connectivity index is 0.00000341. The molecule has 0 aliphatic carbocycles. The summed E-state index contributed by atoms with van der Waals surface area (Å²) in [4.78, 5) is 4.30. The summed E-state index contributed by atoms with van der Waals surface area (Å²) in [6.07, 6.45) is 3.68. The van der Waals surface area contributed by atoms with Gasteiger partial charge in [-0.25, -0.2) is 4.68 Å². The van der Waals surface area contributed by atoms with Gasteiger partial charge in [0.25, 0.3) is 0 Å². The first-order valence-corrected chi connectivity index (χ1v) is 9.50. The van der Waals surface area contributed by atoms with E-state index >= 15 is 0 Å². The third kappa shape index (κ3) is 6.27. The molecular formula is C22H28IN5O3. The van der Waals surface area contributed by atoms with E-state index in [-0.39, 0.29) is 24.0 Å². The molecule has 0 spiro atoms. The Morgan fingerprint density at radius 2 is 1.61 bits per heavy atom. The van der Waals surface area contributed by atoms with Gasteiger partial charge in [-0.15, -0.1) is 24.0 Å². The molecule has 166 valence electrons. The lowest BCUT2D eigenvalue weighted by Gasteiger charge is -2.16. The van der Waals surface area contributed by atoms with E-state index < -0.39 is 0 Å². The SMILES string of the molecule is CN=C(NCc1cccc(-n2cccn2)c1)NCc1cc(OC)c(OC)c(OC)c1.I. The lowest BCUT2D eigenvalue weighted by atomic mass is 10.1. The van der Waals surface area contributed by atoms with Crippen LogP contribution in [0.15, 0.2) is 59.9 Å². The molecule has 0 bridgehead atoms. The van der Waals surface area contributed by atoms with Crippen molar-refractivity contribution in [2.75, 3.05) is 28.4 Å². The number of hydrogen-bond acceptors (Lipinski definition) is 5. The van der Waals surface area contributed by atoms with Crippen molar-refractivity contribution in [3.8, 4) is 22.9 Å². The van der Waals surface area contributed by atoms with E-state index in [1.54, 1.807) is 34.6 Å². The number of guanidine groups is 1. The zero-order valence-corrected chi connectivity index (χ0v) is 20.4. The molecular weight excluding hydrogens is 509 g/mol. The molecule has 0 saturated heterocycles. The van der Waals surface area contributed by atoms with Crippen molar-refractivity contribution >= 4 is 29.9 Å². The fourth-order valence-electron chi connectivity index (χ4n) is 3.06. The van der Waals surface area contributed by atoms with Crippen molar-refractivity contribution in [3.63, 3.8) is 0 Å². The van der Waals surface area contributed by atoms with E-state index in [0.29, 0.717) is 36.3 Å². The third-order valence-electron chi connectivity index (χ3n) is 4.55. The number of nitrogens with zero attached hydrogens (tertiary/aromatic N) is 3. The summed E-state index contributed by atoms with van der Waals surface area (Å²) in [6, 6.07) is 13.9. The quantitative estimate of drug-likeness (QED) is 0.261. The Kier molecular flexibility index (Phi) is 9.44. The first kappa shape index (κ1) is 24.3. The Morgan fingerprint density at radius 1 is 0.935 bits per heavy atom. The second-order valence-corrected chi connectivity index (χ2v) is 6.43. The van der Waals surface area contributed by atoms with Gasteiger partial charge in [0.05, 0.1) is 27.0 Å². The molecule has 31 heavy (non-hydrogen) atoms. The molecule has 3 rings (SSSR count). The number of benzene rings is 2. The Hall–Kier alpha value is -2.95. The molecule has 0 unspecified atom stereocenters. The molecule has 1 heterocycles. The smallest absolute Gasteiger partial charge is 0.203 e. The van der Waals surface area contributed by atoms with Crippen LogP contribution in [0.3, 0.4) is 0 Å². The average Bonchev–Trinajstić information content (AvgIpc) is 3.33. The summed E-state index contributed by atoms with van der Waals surface area (Å²) >= 11 is 0. The van der Waals surface area contributed by atoms with E-state index in [1.165, 1.54) is 0 Å². The highest BCUT2D eigenvalue weighted by molar-refractivity contribution is 14.0. The molecule has 0 aliphatic heterocycles. The number of aromatic nitrogens is 2. The van der Waals surface area contributed by atoms with Gasteiger partial charge in [-0.1, -0.05) is 12.1 Å². The zero-order chi connectivity index (χ0) is 21.3. The Bertz CT molecular complexity index is 968. The van der Waals surface area contributed by atoms with Gasteiger partial charge >= 0.3 is 0 Å². The molecule has 0 amide bonds. The van der Waals surface area contributed by atoms with Crippen LogP contribution in [-0.2, 0) is 13.1 Å². The molecule has 1 aromatic heterocycles. The number of ether oxygens (including phenoxy) is 3. The molecule has 2 aromatic carbocycles. The summed E-state index contributed by atoms with van der Waals surface area (Å²) in [6.45, 7) is 1.17. The second-order valence-electron chi connectivity index (χ2n) is 6.43. The van der Waals surface area contributed by atoms with Gasteiger partial charge in [0, 0.05) is 32.5 Å². The van der Waals surface area contributed by atoms with Crippen LogP contribution in [0.1, 0.15) is 11.1 Å². The number of hydrogen-bond donors (Lipinski definition) is 2. The normalized spacial score (nSPS) is 10.8. The van der Waals surface area contributed by atoms with Crippen LogP contribution >= 0.6 is 24.0 Å². The number of methoxy groups -OCH3 is 3. The van der Waals surface area contributed by atoms with Crippen molar-refractivity contribution in [1.82, 2.24) is 20.4 Å². The van der Waals surface area contributed by atoms with Crippen molar-refractivity contribution in [3.05, 3.63) is 66.0 Å². The Labute approximate surface area is 199 Å². The number of nitrogens with one attached hydrogen (secondary N) is 2. The summed E-state index contributed by atoms with van der Waals surface area (Å²) in [5.74, 6) is 2.50. The van der Waals surface area contributed by atoms with Gasteiger partial charge in [0.2, 0.25) is 5.75 Å². The van der Waals surface area contributed by atoms with Gasteiger partial charge < -0.3 is 24.8 Å². The van der Waals surface area contributed by atoms with E-state index in [0.717, 1.165) is 16.8 Å². The standard InChI is InChI=1S/C22H27N5O3.HI/c1-23-22(24-14-16-7-5-8-18(11-16)27-10-6-9-26-27)25-15-17-12-19(28-2)21(30-4)20(13-17)29-3;/h5-13H,14-15H2,1-4H3,(H2,23,24,25);1H. The second kappa shape index (κ2) is 12.0. The monoisotopic (exact) mass is 537 g/mol. The predicted molar refractivity (Wildman–Crippen MR) is 132 cm³/mol. The minimum Gasteiger partial charge on any atom is -0.493 e. The largest absolute Gasteiger partial charge is 0.493 e. The average molecular weight is 537 g/mol. The molecule has 9 heteroatoms. The number of rotatable bonds is 8. The topological polar surface area (TPSA) is 81.9 Å². The molecule has 3 aromatic rings. The van der Waals surface area contributed by atoms with Crippen LogP contribution in [0.4, 0.5) is 0 Å². The summed E-state index contributed by atoms with van der Waals surface area (Å²) in [5, 5.41) is 10.9. The molecule has 0 fully saturated rings. The zero-order valence-electron chi connectivity index (χ0n) is 18.1. The highest BCUT2D eigenvalue weighted by Crippen LogP contribution is 2.38. The van der Waals surface area contributed by atoms with Crippen LogP contribution in [0.5, 0.6) is 17.2 Å². The Morgan fingerprint density at radius 3 is 2.16 bits per heavy atom. The van der Waals surface area contributed by atoms with E-state index in [4.69, 9.17) is 14.2 Å². The molecule has 0 radical (unpaired) electrons. The highest BCUT2D eigenvalue weighted by atomic mass is 127. The molecule has 0 aliphatic rings. The van der Waals surface area contributed by atoms with E-state index in [1.807, 2.05) is 41.2 Å². The van der Waals surface area contributed by atoms with Gasteiger partial charge in [-0.05, 0) is 41.5 Å². The van der Waals surface area contributed by atoms with Crippen LogP contribution in [0.25, 0.3) is 5.69 Å². The van der Waals surface area contributed by atoms with Gasteiger partial charge in [0.15, 0.2) is 17.5 Å². The van der Waals surface area contributed by atoms with Crippen molar-refractivity contribution in [2.24, 2.45) is 4.99 Å². The molecule has 8 nitrogen and oxygen atoms in total. The summed E-state index contributed by atoms with van der Waals surface area (Å²) in [7, 11) is 6.54. The van der Waals surface area contributed by atoms with Crippen LogP contribution in [-0.4, -0.2) is 44.1 Å².